The lowest BCUT2D eigenvalue weighted by Gasteiger charge is -2.08. The standard InChI is InChI=1S/C19H20N4O/c1-2-5-15-6-3-4-7-16(15)9-11-23-13-19(21-14-23)18-12-17(22-24)8-10-20-18/h3-4,6-8,10,12-14H,2,5,9,11H2,1H3. The molecule has 3 aromatic rings. The van der Waals surface area contributed by atoms with E-state index in [1.54, 1.807) is 24.7 Å². The van der Waals surface area contributed by atoms with Gasteiger partial charge < -0.3 is 4.57 Å². The van der Waals surface area contributed by atoms with Gasteiger partial charge in [0.1, 0.15) is 11.4 Å². The van der Waals surface area contributed by atoms with E-state index in [2.05, 4.69) is 50.9 Å². The van der Waals surface area contributed by atoms with Gasteiger partial charge in [-0.3, -0.25) is 4.98 Å². The van der Waals surface area contributed by atoms with Crippen LogP contribution in [0.4, 0.5) is 5.69 Å². The maximum absolute atomic E-state index is 10.6. The first-order valence-corrected chi connectivity index (χ1v) is 8.18. The van der Waals surface area contributed by atoms with Crippen LogP contribution in [0.25, 0.3) is 11.4 Å². The van der Waals surface area contributed by atoms with Crippen molar-refractivity contribution in [1.29, 1.82) is 0 Å². The van der Waals surface area contributed by atoms with Gasteiger partial charge in [0.15, 0.2) is 0 Å². The number of nitrogens with zero attached hydrogens (tertiary/aromatic N) is 4. The van der Waals surface area contributed by atoms with Gasteiger partial charge in [-0.2, -0.15) is 0 Å². The molecule has 2 aromatic heterocycles. The number of imidazole rings is 1. The van der Waals surface area contributed by atoms with Crippen LogP contribution in [0.3, 0.4) is 0 Å². The predicted molar refractivity (Wildman–Crippen MR) is 95.1 cm³/mol. The smallest absolute Gasteiger partial charge is 0.111 e. The number of benzene rings is 1. The van der Waals surface area contributed by atoms with Crippen molar-refractivity contribution in [2.45, 2.75) is 32.7 Å². The Kier molecular flexibility index (Phi) is 5.11. The third kappa shape index (κ3) is 3.74. The van der Waals surface area contributed by atoms with Crippen molar-refractivity contribution in [2.24, 2.45) is 5.18 Å². The average molecular weight is 320 g/mol. The molecule has 0 N–H and O–H groups in total. The molecule has 1 aromatic carbocycles. The zero-order valence-electron chi connectivity index (χ0n) is 13.7. The number of aromatic nitrogens is 3. The summed E-state index contributed by atoms with van der Waals surface area (Å²) in [5.41, 5.74) is 4.59. The van der Waals surface area contributed by atoms with Gasteiger partial charge in [-0.25, -0.2) is 4.98 Å². The number of hydrogen-bond acceptors (Lipinski definition) is 4. The lowest BCUT2D eigenvalue weighted by Crippen LogP contribution is -2.01. The highest BCUT2D eigenvalue weighted by Crippen LogP contribution is 2.20. The van der Waals surface area contributed by atoms with Crippen LogP contribution >= 0.6 is 0 Å². The van der Waals surface area contributed by atoms with Crippen LogP contribution in [0.2, 0.25) is 0 Å². The van der Waals surface area contributed by atoms with E-state index in [-0.39, 0.29) is 0 Å². The Hall–Kier alpha value is -2.82. The Morgan fingerprint density at radius 3 is 2.58 bits per heavy atom. The highest BCUT2D eigenvalue weighted by molar-refractivity contribution is 5.58. The van der Waals surface area contributed by atoms with Crippen LogP contribution < -0.4 is 0 Å². The first-order valence-electron chi connectivity index (χ1n) is 8.18. The molecule has 122 valence electrons. The summed E-state index contributed by atoms with van der Waals surface area (Å²) in [6, 6.07) is 11.8. The van der Waals surface area contributed by atoms with Gasteiger partial charge in [-0.05, 0) is 41.3 Å². The fourth-order valence-electron chi connectivity index (χ4n) is 2.80. The van der Waals surface area contributed by atoms with Crippen LogP contribution in [-0.4, -0.2) is 14.5 Å². The molecule has 24 heavy (non-hydrogen) atoms. The van der Waals surface area contributed by atoms with Crippen molar-refractivity contribution >= 4 is 5.69 Å². The lowest BCUT2D eigenvalue weighted by atomic mass is 10.0. The molecule has 0 aliphatic heterocycles. The van der Waals surface area contributed by atoms with Gasteiger partial charge >= 0.3 is 0 Å². The number of aryl methyl sites for hydroxylation is 3. The molecular weight excluding hydrogens is 300 g/mol. The van der Waals surface area contributed by atoms with E-state index in [4.69, 9.17) is 0 Å². The van der Waals surface area contributed by atoms with E-state index >= 15 is 0 Å². The van der Waals surface area contributed by atoms with Gasteiger partial charge in [0.2, 0.25) is 0 Å². The Labute approximate surface area is 141 Å². The van der Waals surface area contributed by atoms with Crippen molar-refractivity contribution in [2.75, 3.05) is 0 Å². The molecule has 0 aliphatic rings. The number of pyridine rings is 1. The van der Waals surface area contributed by atoms with E-state index < -0.39 is 0 Å². The van der Waals surface area contributed by atoms with Crippen molar-refractivity contribution in [3.05, 3.63) is 71.2 Å². The molecule has 0 saturated heterocycles. The maximum Gasteiger partial charge on any atom is 0.111 e. The first-order chi connectivity index (χ1) is 11.8. The van der Waals surface area contributed by atoms with Crippen LogP contribution in [0.5, 0.6) is 0 Å². The zero-order chi connectivity index (χ0) is 16.8. The summed E-state index contributed by atoms with van der Waals surface area (Å²) in [7, 11) is 0. The molecule has 0 amide bonds. The Balaban J connectivity index is 1.71. The van der Waals surface area contributed by atoms with E-state index in [9.17, 15) is 4.91 Å². The second-order valence-corrected chi connectivity index (χ2v) is 5.76. The van der Waals surface area contributed by atoms with Crippen molar-refractivity contribution in [3.8, 4) is 11.4 Å². The molecule has 0 aliphatic carbocycles. The highest BCUT2D eigenvalue weighted by atomic mass is 16.3. The highest BCUT2D eigenvalue weighted by Gasteiger charge is 2.06. The van der Waals surface area contributed by atoms with Gasteiger partial charge in [0, 0.05) is 18.9 Å². The fourth-order valence-corrected chi connectivity index (χ4v) is 2.80. The van der Waals surface area contributed by atoms with E-state index in [0.717, 1.165) is 31.5 Å². The summed E-state index contributed by atoms with van der Waals surface area (Å²) in [5.74, 6) is 0. The van der Waals surface area contributed by atoms with Crippen LogP contribution in [0.15, 0.2) is 60.3 Å². The third-order valence-electron chi connectivity index (χ3n) is 4.02. The molecule has 0 atom stereocenters. The Morgan fingerprint density at radius 1 is 1.04 bits per heavy atom. The molecule has 0 bridgehead atoms. The predicted octanol–water partition coefficient (Wildman–Crippen LogP) is 4.54. The van der Waals surface area contributed by atoms with Gasteiger partial charge in [-0.1, -0.05) is 37.6 Å². The van der Waals surface area contributed by atoms with Gasteiger partial charge in [0.25, 0.3) is 0 Å². The average Bonchev–Trinajstić information content (AvgIpc) is 3.10. The molecular formula is C19H20N4O. The molecule has 2 heterocycles. The largest absolute Gasteiger partial charge is 0.336 e. The summed E-state index contributed by atoms with van der Waals surface area (Å²) in [6.45, 7) is 3.06. The summed E-state index contributed by atoms with van der Waals surface area (Å²) in [4.78, 5) is 19.3. The Bertz CT molecular complexity index is 825. The van der Waals surface area contributed by atoms with Crippen LogP contribution in [-0.2, 0) is 19.4 Å². The minimum absolute atomic E-state index is 0.364. The van der Waals surface area contributed by atoms with E-state index in [1.807, 2.05) is 6.20 Å². The minimum atomic E-state index is 0.364. The molecule has 5 heteroatoms. The number of rotatable bonds is 7. The van der Waals surface area contributed by atoms with Crippen LogP contribution in [0.1, 0.15) is 24.5 Å². The molecule has 3 rings (SSSR count). The second kappa shape index (κ2) is 7.64. The maximum atomic E-state index is 10.6. The monoisotopic (exact) mass is 320 g/mol. The molecule has 5 nitrogen and oxygen atoms in total. The summed E-state index contributed by atoms with van der Waals surface area (Å²) < 4.78 is 2.06. The van der Waals surface area contributed by atoms with Crippen molar-refractivity contribution in [1.82, 2.24) is 14.5 Å². The third-order valence-corrected chi connectivity index (χ3v) is 4.02. The minimum Gasteiger partial charge on any atom is -0.336 e. The number of hydrogen-bond donors (Lipinski definition) is 0. The van der Waals surface area contributed by atoms with Crippen molar-refractivity contribution < 1.29 is 0 Å². The Morgan fingerprint density at radius 2 is 1.83 bits per heavy atom. The molecule has 0 spiro atoms. The summed E-state index contributed by atoms with van der Waals surface area (Å²) in [6.07, 6.45) is 8.57. The van der Waals surface area contributed by atoms with E-state index in [0.29, 0.717) is 11.4 Å². The summed E-state index contributed by atoms with van der Waals surface area (Å²) in [5, 5.41) is 2.94. The quantitative estimate of drug-likeness (QED) is 0.600. The van der Waals surface area contributed by atoms with Gasteiger partial charge in [0.05, 0.1) is 12.0 Å². The molecule has 0 unspecified atom stereocenters. The zero-order valence-corrected chi connectivity index (χ0v) is 13.7. The number of nitroso groups, excluding NO2 is 1. The topological polar surface area (TPSA) is 60.1 Å². The second-order valence-electron chi connectivity index (χ2n) is 5.76. The van der Waals surface area contributed by atoms with Crippen LogP contribution in [0, 0.1) is 4.91 Å². The molecule has 0 saturated carbocycles. The lowest BCUT2D eigenvalue weighted by molar-refractivity contribution is 0.690. The summed E-state index contributed by atoms with van der Waals surface area (Å²) >= 11 is 0. The van der Waals surface area contributed by atoms with E-state index in [1.165, 1.54) is 11.1 Å². The fraction of sp³-hybridized carbons (Fsp3) is 0.263. The van der Waals surface area contributed by atoms with Crippen molar-refractivity contribution in [3.63, 3.8) is 0 Å². The van der Waals surface area contributed by atoms with Gasteiger partial charge in [-0.15, -0.1) is 4.91 Å². The first kappa shape index (κ1) is 16.1. The normalized spacial score (nSPS) is 10.7. The molecule has 0 radical (unpaired) electrons. The SMILES string of the molecule is CCCc1ccccc1CCn1cnc(-c2cc(N=O)ccn2)c1. The molecule has 0 fully saturated rings.